The smallest absolute Gasteiger partial charge is 0.250 e. The third-order valence-corrected chi connectivity index (χ3v) is 5.82. The van der Waals surface area contributed by atoms with Crippen molar-refractivity contribution in [3.8, 4) is 10.4 Å². The van der Waals surface area contributed by atoms with Crippen molar-refractivity contribution in [1.82, 2.24) is 10.3 Å². The summed E-state index contributed by atoms with van der Waals surface area (Å²) in [6.45, 7) is 11.7. The number of carbonyl (C=O) groups is 2. The number of anilines is 1. The largest absolute Gasteiger partial charge is 0.383 e. The fourth-order valence-electron chi connectivity index (χ4n) is 2.99. The molecule has 2 amide bonds. The Labute approximate surface area is 194 Å². The molecule has 1 aromatic heterocycles. The Balaban J connectivity index is 2.11. The summed E-state index contributed by atoms with van der Waals surface area (Å²) < 4.78 is 5.75. The molecule has 0 aliphatic rings. The molecule has 0 radical (unpaired) electrons. The second-order valence-electron chi connectivity index (χ2n) is 9.15. The van der Waals surface area contributed by atoms with Gasteiger partial charge in [-0.25, -0.2) is 4.98 Å². The van der Waals surface area contributed by atoms with Gasteiger partial charge in [-0.2, -0.15) is 0 Å². The van der Waals surface area contributed by atoms with E-state index in [2.05, 4.69) is 15.6 Å². The van der Waals surface area contributed by atoms with Crippen LogP contribution >= 0.6 is 11.3 Å². The Bertz CT molecular complexity index is 905. The van der Waals surface area contributed by atoms with Crippen molar-refractivity contribution >= 4 is 28.3 Å². The predicted octanol–water partition coefficient (Wildman–Crippen LogP) is 4.37. The van der Waals surface area contributed by atoms with E-state index in [0.717, 1.165) is 16.0 Å². The number of thiazole rings is 1. The predicted molar refractivity (Wildman–Crippen MR) is 128 cm³/mol. The highest BCUT2D eigenvalue weighted by atomic mass is 32.1. The van der Waals surface area contributed by atoms with Gasteiger partial charge in [-0.15, -0.1) is 0 Å². The average Bonchev–Trinajstić information content (AvgIpc) is 3.18. The first-order chi connectivity index (χ1) is 15.0. The summed E-state index contributed by atoms with van der Waals surface area (Å²) in [5.74, 6) is -0.899. The first kappa shape index (κ1) is 26.0. The van der Waals surface area contributed by atoms with Crippen LogP contribution < -0.4 is 10.6 Å². The molecule has 0 fully saturated rings. The Morgan fingerprint density at radius 1 is 1.19 bits per heavy atom. The number of nitrogens with zero attached hydrogens (tertiary/aromatic N) is 1. The molecule has 7 nitrogen and oxygen atoms in total. The lowest BCUT2D eigenvalue weighted by molar-refractivity contribution is -0.137. The number of aromatic nitrogens is 1. The molecule has 2 rings (SSSR count). The van der Waals surface area contributed by atoms with Gasteiger partial charge in [0.15, 0.2) is 5.13 Å². The fraction of sp³-hybridized carbons (Fsp3) is 0.542. The minimum absolute atomic E-state index is 0.127. The molecule has 3 N–H and O–H groups in total. The lowest BCUT2D eigenvalue weighted by Crippen LogP contribution is -2.50. The molecule has 0 unspecified atom stereocenters. The number of aliphatic hydroxyl groups is 1. The van der Waals surface area contributed by atoms with Gasteiger partial charge in [0.05, 0.1) is 17.6 Å². The summed E-state index contributed by atoms with van der Waals surface area (Å²) in [7, 11) is 0. The van der Waals surface area contributed by atoms with Crippen LogP contribution in [0.3, 0.4) is 0 Å². The average molecular weight is 462 g/mol. The van der Waals surface area contributed by atoms with E-state index in [1.54, 1.807) is 27.0 Å². The van der Waals surface area contributed by atoms with Gasteiger partial charge in [0.25, 0.3) is 0 Å². The van der Waals surface area contributed by atoms with Crippen LogP contribution in [0, 0.1) is 5.41 Å². The van der Waals surface area contributed by atoms with E-state index in [1.807, 2.05) is 45.0 Å². The number of hydrogen-bond donors (Lipinski definition) is 3. The molecule has 2 atom stereocenters. The van der Waals surface area contributed by atoms with Crippen LogP contribution in [0.1, 0.15) is 59.9 Å². The highest BCUT2D eigenvalue weighted by molar-refractivity contribution is 7.19. The summed E-state index contributed by atoms with van der Waals surface area (Å²) in [6.07, 6.45) is 1.82. The van der Waals surface area contributed by atoms with Crippen LogP contribution in [0.4, 0.5) is 5.13 Å². The number of hydrogen-bond acceptors (Lipinski definition) is 6. The van der Waals surface area contributed by atoms with Crippen LogP contribution in [0.15, 0.2) is 30.5 Å². The lowest BCUT2D eigenvalue weighted by Gasteiger charge is -2.26. The van der Waals surface area contributed by atoms with E-state index in [9.17, 15) is 14.7 Å². The SMILES string of the molecule is CCC[C@H](NC(=O)[C@@H](O)C(C)(C)C)C(=O)Nc1ncc(-c2ccccc2COC(C)C)s1. The molecule has 0 bridgehead atoms. The second-order valence-corrected chi connectivity index (χ2v) is 10.2. The molecular formula is C24H35N3O4S. The quantitative estimate of drug-likeness (QED) is 0.488. The highest BCUT2D eigenvalue weighted by Gasteiger charge is 2.32. The Morgan fingerprint density at radius 3 is 2.50 bits per heavy atom. The van der Waals surface area contributed by atoms with Crippen molar-refractivity contribution in [1.29, 1.82) is 0 Å². The van der Waals surface area contributed by atoms with Crippen LogP contribution in [-0.2, 0) is 20.9 Å². The molecule has 1 heterocycles. The van der Waals surface area contributed by atoms with Crippen LogP contribution in [0.25, 0.3) is 10.4 Å². The first-order valence-electron chi connectivity index (χ1n) is 11.0. The van der Waals surface area contributed by atoms with Crippen molar-refractivity contribution in [3.05, 3.63) is 36.0 Å². The van der Waals surface area contributed by atoms with E-state index in [0.29, 0.717) is 24.6 Å². The first-order valence-corrected chi connectivity index (χ1v) is 11.8. The van der Waals surface area contributed by atoms with Gasteiger partial charge in [0.1, 0.15) is 12.1 Å². The van der Waals surface area contributed by atoms with E-state index in [1.165, 1.54) is 11.3 Å². The lowest BCUT2D eigenvalue weighted by atomic mass is 9.88. The molecule has 2 aromatic rings. The molecule has 0 saturated heterocycles. The summed E-state index contributed by atoms with van der Waals surface area (Å²) in [5, 5.41) is 16.2. The van der Waals surface area contributed by atoms with Crippen LogP contribution in [0.2, 0.25) is 0 Å². The second kappa shape index (κ2) is 11.5. The van der Waals surface area contributed by atoms with Gasteiger partial charge < -0.3 is 20.5 Å². The van der Waals surface area contributed by atoms with Crippen molar-refractivity contribution in [2.45, 2.75) is 79.2 Å². The maximum atomic E-state index is 12.8. The Kier molecular flexibility index (Phi) is 9.36. The number of ether oxygens (including phenoxy) is 1. The maximum Gasteiger partial charge on any atom is 0.250 e. The Morgan fingerprint density at radius 2 is 1.88 bits per heavy atom. The number of aliphatic hydroxyl groups excluding tert-OH is 1. The maximum absolute atomic E-state index is 12.8. The molecule has 0 aliphatic heterocycles. The normalized spacial score (nSPS) is 13.6. The standard InChI is InChI=1S/C24H35N3O4S/c1-7-10-18(26-22(30)20(28)24(4,5)6)21(29)27-23-25-13-19(32-23)17-12-9-8-11-16(17)14-31-15(2)3/h8-9,11-13,15,18,20,28H,7,10,14H2,1-6H3,(H,26,30)(H,25,27,29)/t18-,20+/m0/s1. The van der Waals surface area contributed by atoms with Gasteiger partial charge in [-0.05, 0) is 36.8 Å². The molecule has 32 heavy (non-hydrogen) atoms. The summed E-state index contributed by atoms with van der Waals surface area (Å²) in [6, 6.07) is 7.20. The fourth-order valence-corrected chi connectivity index (χ4v) is 3.87. The number of carbonyl (C=O) groups excluding carboxylic acids is 2. The van der Waals surface area contributed by atoms with Crippen molar-refractivity contribution < 1.29 is 19.4 Å². The topological polar surface area (TPSA) is 101 Å². The molecule has 8 heteroatoms. The van der Waals surface area contributed by atoms with Crippen LogP contribution in [-0.4, -0.2) is 40.2 Å². The molecule has 0 aliphatic carbocycles. The van der Waals surface area contributed by atoms with Gasteiger partial charge in [-0.1, -0.05) is 69.7 Å². The van der Waals surface area contributed by atoms with Crippen molar-refractivity contribution in [3.63, 3.8) is 0 Å². The molecule has 0 saturated carbocycles. The van der Waals surface area contributed by atoms with Crippen LogP contribution in [0.5, 0.6) is 0 Å². The molecule has 1 aromatic carbocycles. The summed E-state index contributed by atoms with van der Waals surface area (Å²) in [5.41, 5.74) is 1.45. The molecule has 0 spiro atoms. The highest BCUT2D eigenvalue weighted by Crippen LogP contribution is 2.32. The van der Waals surface area contributed by atoms with Crippen molar-refractivity contribution in [2.75, 3.05) is 5.32 Å². The number of nitrogens with one attached hydrogen (secondary N) is 2. The van der Waals surface area contributed by atoms with Gasteiger partial charge in [-0.3, -0.25) is 9.59 Å². The van der Waals surface area contributed by atoms with E-state index >= 15 is 0 Å². The van der Waals surface area contributed by atoms with E-state index in [-0.39, 0.29) is 12.0 Å². The summed E-state index contributed by atoms with van der Waals surface area (Å²) in [4.78, 5) is 30.5. The zero-order valence-electron chi connectivity index (χ0n) is 19.8. The monoisotopic (exact) mass is 461 g/mol. The summed E-state index contributed by atoms with van der Waals surface area (Å²) >= 11 is 1.37. The zero-order chi connectivity index (χ0) is 23.9. The van der Waals surface area contributed by atoms with Crippen molar-refractivity contribution in [2.24, 2.45) is 5.41 Å². The van der Waals surface area contributed by atoms with E-state index < -0.39 is 23.5 Å². The number of benzene rings is 1. The third-order valence-electron chi connectivity index (χ3n) is 4.87. The van der Waals surface area contributed by atoms with E-state index in [4.69, 9.17) is 4.74 Å². The zero-order valence-corrected chi connectivity index (χ0v) is 20.6. The molecular weight excluding hydrogens is 426 g/mol. The van der Waals surface area contributed by atoms with Gasteiger partial charge in [0.2, 0.25) is 11.8 Å². The van der Waals surface area contributed by atoms with Gasteiger partial charge in [0, 0.05) is 6.20 Å². The number of amides is 2. The third kappa shape index (κ3) is 7.39. The number of rotatable bonds is 10. The minimum atomic E-state index is -1.20. The van der Waals surface area contributed by atoms with Gasteiger partial charge >= 0.3 is 0 Å². The Hall–Kier alpha value is -2.29. The minimum Gasteiger partial charge on any atom is -0.383 e. The molecule has 176 valence electrons.